The van der Waals surface area contributed by atoms with Gasteiger partial charge in [0.25, 0.3) is 5.91 Å². The lowest BCUT2D eigenvalue weighted by Crippen LogP contribution is -2.25. The molecule has 2 N–H and O–H groups in total. The summed E-state index contributed by atoms with van der Waals surface area (Å²) in [5, 5.41) is 6.80. The largest absolute Gasteiger partial charge is 0.464 e. The molecule has 1 aliphatic carbocycles. The Labute approximate surface area is 157 Å². The number of amides is 2. The predicted molar refractivity (Wildman–Crippen MR) is 105 cm³/mol. The summed E-state index contributed by atoms with van der Waals surface area (Å²) < 4.78 is 5.67. The molecule has 5 heteroatoms. The fraction of sp³-hybridized carbons (Fsp3) is 0.273. The molecule has 27 heavy (non-hydrogen) atoms. The molecule has 4 rings (SSSR count). The second kappa shape index (κ2) is 6.91. The number of hydrogen-bond acceptors (Lipinski definition) is 3. The number of fused-ring (bicyclic) bond motifs is 1. The van der Waals surface area contributed by atoms with Gasteiger partial charge in [0.05, 0.1) is 12.7 Å². The monoisotopic (exact) mass is 362 g/mol. The van der Waals surface area contributed by atoms with Crippen molar-refractivity contribution in [1.82, 2.24) is 5.32 Å². The van der Waals surface area contributed by atoms with Crippen LogP contribution in [0, 0.1) is 13.8 Å². The average Bonchev–Trinajstić information content (AvgIpc) is 3.37. The summed E-state index contributed by atoms with van der Waals surface area (Å²) in [5.41, 5.74) is 5.24. The number of hydrogen-bond donors (Lipinski definition) is 2. The Balaban J connectivity index is 1.42. The zero-order valence-electron chi connectivity index (χ0n) is 15.5. The first-order valence-electron chi connectivity index (χ1n) is 9.18. The van der Waals surface area contributed by atoms with Crippen LogP contribution in [-0.4, -0.2) is 17.9 Å². The quantitative estimate of drug-likeness (QED) is 0.717. The van der Waals surface area contributed by atoms with Crippen LogP contribution in [0.15, 0.2) is 47.1 Å². The molecular formula is C22H22N2O3. The summed E-state index contributed by atoms with van der Waals surface area (Å²) in [6.07, 6.45) is 4.00. The van der Waals surface area contributed by atoms with Crippen LogP contribution < -0.4 is 10.6 Å². The Hall–Kier alpha value is -3.08. The number of furan rings is 1. The van der Waals surface area contributed by atoms with Gasteiger partial charge >= 0.3 is 0 Å². The summed E-state index contributed by atoms with van der Waals surface area (Å²) in [5.74, 6) is -0.183. The first kappa shape index (κ1) is 17.3. The van der Waals surface area contributed by atoms with Gasteiger partial charge in [-0.1, -0.05) is 12.1 Å². The lowest BCUT2D eigenvalue weighted by Gasteiger charge is -2.07. The third-order valence-corrected chi connectivity index (χ3v) is 5.04. The van der Waals surface area contributed by atoms with Crippen LogP contribution in [0.25, 0.3) is 11.0 Å². The number of carbonyl (C=O) groups excluding carboxylic acids is 2. The van der Waals surface area contributed by atoms with Crippen LogP contribution in [0.3, 0.4) is 0 Å². The van der Waals surface area contributed by atoms with Crippen LogP contribution in [-0.2, 0) is 11.2 Å². The minimum Gasteiger partial charge on any atom is -0.464 e. The van der Waals surface area contributed by atoms with Crippen molar-refractivity contribution in [3.8, 4) is 0 Å². The van der Waals surface area contributed by atoms with Crippen LogP contribution in [0.1, 0.15) is 39.9 Å². The Morgan fingerprint density at radius 1 is 1.07 bits per heavy atom. The molecule has 138 valence electrons. The molecule has 2 amide bonds. The number of nitrogens with one attached hydrogen (secondary N) is 2. The first-order valence-corrected chi connectivity index (χ1v) is 9.18. The molecule has 1 heterocycles. The van der Waals surface area contributed by atoms with E-state index in [4.69, 9.17) is 4.42 Å². The van der Waals surface area contributed by atoms with Gasteiger partial charge in [-0.25, -0.2) is 0 Å². The van der Waals surface area contributed by atoms with Crippen LogP contribution in [0.2, 0.25) is 0 Å². The van der Waals surface area contributed by atoms with E-state index in [9.17, 15) is 9.59 Å². The van der Waals surface area contributed by atoms with Gasteiger partial charge in [-0.2, -0.15) is 0 Å². The summed E-state index contributed by atoms with van der Waals surface area (Å²) in [7, 11) is 0. The number of aryl methyl sites for hydroxylation is 2. The van der Waals surface area contributed by atoms with E-state index in [1.807, 2.05) is 26.0 Å². The maximum absolute atomic E-state index is 12.4. The maximum atomic E-state index is 12.4. The second-order valence-corrected chi connectivity index (χ2v) is 7.20. The molecule has 0 bridgehead atoms. The maximum Gasteiger partial charge on any atom is 0.251 e. The van der Waals surface area contributed by atoms with Crippen molar-refractivity contribution in [2.24, 2.45) is 0 Å². The van der Waals surface area contributed by atoms with E-state index in [0.29, 0.717) is 17.3 Å². The third-order valence-electron chi connectivity index (χ3n) is 5.04. The van der Waals surface area contributed by atoms with E-state index in [1.165, 1.54) is 5.56 Å². The molecule has 1 aromatic heterocycles. The van der Waals surface area contributed by atoms with Crippen LogP contribution in [0.4, 0.5) is 5.69 Å². The Morgan fingerprint density at radius 2 is 1.81 bits per heavy atom. The highest BCUT2D eigenvalue weighted by Gasteiger charge is 2.23. The van der Waals surface area contributed by atoms with Crippen molar-refractivity contribution in [3.63, 3.8) is 0 Å². The molecule has 3 aromatic rings. The van der Waals surface area contributed by atoms with Gasteiger partial charge in [0, 0.05) is 28.2 Å². The fourth-order valence-electron chi connectivity index (χ4n) is 3.10. The van der Waals surface area contributed by atoms with Gasteiger partial charge in [-0.15, -0.1) is 0 Å². The van der Waals surface area contributed by atoms with E-state index in [1.54, 1.807) is 30.5 Å². The molecule has 1 saturated carbocycles. The normalized spacial score (nSPS) is 13.6. The molecular weight excluding hydrogens is 340 g/mol. The Bertz CT molecular complexity index is 1010. The molecule has 0 aliphatic heterocycles. The Morgan fingerprint density at radius 3 is 2.52 bits per heavy atom. The summed E-state index contributed by atoms with van der Waals surface area (Å²) >= 11 is 0. The van der Waals surface area contributed by atoms with E-state index in [2.05, 4.69) is 10.6 Å². The molecule has 1 aliphatic rings. The zero-order valence-corrected chi connectivity index (χ0v) is 15.5. The minimum absolute atomic E-state index is 0.0640. The smallest absolute Gasteiger partial charge is 0.251 e. The highest BCUT2D eigenvalue weighted by atomic mass is 16.3. The minimum atomic E-state index is -0.119. The van der Waals surface area contributed by atoms with Gasteiger partial charge in [0.1, 0.15) is 5.58 Å². The van der Waals surface area contributed by atoms with Crippen molar-refractivity contribution in [2.45, 2.75) is 39.2 Å². The molecule has 0 atom stereocenters. The predicted octanol–water partition coefficient (Wildman–Crippen LogP) is 4.12. The first-order chi connectivity index (χ1) is 13.0. The average molecular weight is 362 g/mol. The SMILES string of the molecule is Cc1ccc2c(CC(=O)Nc3ccc(C(=O)NC4CC4)cc3)coc2c1C. The van der Waals surface area contributed by atoms with Gasteiger partial charge in [0.15, 0.2) is 0 Å². The number of anilines is 1. The molecule has 0 unspecified atom stereocenters. The molecule has 1 fully saturated rings. The molecule has 0 saturated heterocycles. The van der Waals surface area contributed by atoms with Gasteiger partial charge in [-0.05, 0) is 62.1 Å². The van der Waals surface area contributed by atoms with E-state index >= 15 is 0 Å². The lowest BCUT2D eigenvalue weighted by molar-refractivity contribution is -0.115. The fourth-order valence-corrected chi connectivity index (χ4v) is 3.10. The van der Waals surface area contributed by atoms with Crippen molar-refractivity contribution in [1.29, 1.82) is 0 Å². The molecule has 0 radical (unpaired) electrons. The topological polar surface area (TPSA) is 71.3 Å². The van der Waals surface area contributed by atoms with Crippen molar-refractivity contribution >= 4 is 28.5 Å². The second-order valence-electron chi connectivity index (χ2n) is 7.20. The van der Waals surface area contributed by atoms with Crippen LogP contribution >= 0.6 is 0 Å². The van der Waals surface area contributed by atoms with Gasteiger partial charge in [-0.3, -0.25) is 9.59 Å². The number of carbonyl (C=O) groups is 2. The molecule has 5 nitrogen and oxygen atoms in total. The molecule has 0 spiro atoms. The summed E-state index contributed by atoms with van der Waals surface area (Å²) in [6, 6.07) is 11.3. The molecule has 2 aromatic carbocycles. The standard InChI is InChI=1S/C22H22N2O3/c1-13-3-10-19-16(12-27-21(19)14(13)2)11-20(25)23-17-6-4-15(5-7-17)22(26)24-18-8-9-18/h3-7,10,12,18H,8-9,11H2,1-2H3,(H,23,25)(H,24,26). The van der Waals surface area contributed by atoms with Crippen molar-refractivity contribution in [2.75, 3.05) is 5.32 Å². The highest BCUT2D eigenvalue weighted by Crippen LogP contribution is 2.27. The van der Waals surface area contributed by atoms with Crippen molar-refractivity contribution < 1.29 is 14.0 Å². The van der Waals surface area contributed by atoms with Crippen molar-refractivity contribution in [3.05, 3.63) is 64.9 Å². The third kappa shape index (κ3) is 3.72. The van der Waals surface area contributed by atoms with Gasteiger partial charge in [0.2, 0.25) is 5.91 Å². The van der Waals surface area contributed by atoms with E-state index < -0.39 is 0 Å². The van der Waals surface area contributed by atoms with E-state index in [-0.39, 0.29) is 18.2 Å². The summed E-state index contributed by atoms with van der Waals surface area (Å²) in [6.45, 7) is 4.06. The number of benzene rings is 2. The highest BCUT2D eigenvalue weighted by molar-refractivity contribution is 5.97. The van der Waals surface area contributed by atoms with Gasteiger partial charge < -0.3 is 15.1 Å². The summed E-state index contributed by atoms with van der Waals surface area (Å²) in [4.78, 5) is 24.4. The van der Waals surface area contributed by atoms with Crippen LogP contribution in [0.5, 0.6) is 0 Å². The lowest BCUT2D eigenvalue weighted by atomic mass is 10.0. The zero-order chi connectivity index (χ0) is 19.0. The Kier molecular flexibility index (Phi) is 4.44. The number of rotatable bonds is 5. The van der Waals surface area contributed by atoms with E-state index in [0.717, 1.165) is 34.9 Å².